The van der Waals surface area contributed by atoms with Crippen LogP contribution in [0.4, 0.5) is 4.79 Å². The van der Waals surface area contributed by atoms with E-state index < -0.39 is 6.09 Å². The summed E-state index contributed by atoms with van der Waals surface area (Å²) < 4.78 is 37.1. The first-order valence-corrected chi connectivity index (χ1v) is 12.7. The number of unbranched alkanes of at least 4 members (excludes halogenated alkanes) is 1. The molecule has 0 spiro atoms. The van der Waals surface area contributed by atoms with Crippen LogP contribution in [0.1, 0.15) is 51.9 Å². The fraction of sp³-hybridized carbons (Fsp3) is 0.880. The van der Waals surface area contributed by atoms with Gasteiger partial charge in [-0.2, -0.15) is 0 Å². The van der Waals surface area contributed by atoms with Crippen LogP contribution in [0.3, 0.4) is 0 Å². The maximum absolute atomic E-state index is 11.9. The molecule has 1 N–H and O–H groups in total. The lowest BCUT2D eigenvalue weighted by Gasteiger charge is -2.18. The number of amides is 1. The zero-order valence-electron chi connectivity index (χ0n) is 22.4. The highest BCUT2D eigenvalue weighted by molar-refractivity contribution is 5.80. The molecule has 36 heavy (non-hydrogen) atoms. The van der Waals surface area contributed by atoms with Gasteiger partial charge in [0, 0.05) is 53.2 Å². The van der Waals surface area contributed by atoms with E-state index in [2.05, 4.69) is 5.32 Å². The van der Waals surface area contributed by atoms with Crippen LogP contribution in [-0.2, 0) is 42.7 Å². The topological polar surface area (TPSA) is 128 Å². The fourth-order valence-electron chi connectivity index (χ4n) is 2.89. The first kappa shape index (κ1) is 34.4. The molecule has 11 heteroatoms. The second kappa shape index (κ2) is 26.4. The monoisotopic (exact) mass is 521 g/mol. The molecule has 0 aliphatic rings. The van der Waals surface area contributed by atoms with E-state index in [1.54, 1.807) is 21.1 Å². The maximum Gasteiger partial charge on any atom is 0.407 e. The molecule has 0 saturated carbocycles. The molecule has 0 aromatic carbocycles. The SMILES string of the molecule is COCCOCC(COC(=O)NCCCOCCOCCCCC(=O)CCCC(C)=O)OCCOC. The molecule has 212 valence electrons. The van der Waals surface area contributed by atoms with Crippen molar-refractivity contribution in [2.45, 2.75) is 58.0 Å². The highest BCUT2D eigenvalue weighted by Crippen LogP contribution is 2.04. The van der Waals surface area contributed by atoms with Gasteiger partial charge in [-0.15, -0.1) is 0 Å². The van der Waals surface area contributed by atoms with Crippen LogP contribution < -0.4 is 5.32 Å². The van der Waals surface area contributed by atoms with Crippen molar-refractivity contribution >= 4 is 17.7 Å². The number of carbonyl (C=O) groups is 3. The minimum absolute atomic E-state index is 0.0738. The summed E-state index contributed by atoms with van der Waals surface area (Å²) >= 11 is 0. The first-order valence-electron chi connectivity index (χ1n) is 12.7. The van der Waals surface area contributed by atoms with E-state index in [0.29, 0.717) is 91.5 Å². The summed E-state index contributed by atoms with van der Waals surface area (Å²) in [6.07, 6.45) is 3.50. The maximum atomic E-state index is 11.9. The van der Waals surface area contributed by atoms with Crippen molar-refractivity contribution < 1.29 is 47.5 Å². The molecule has 0 aromatic rings. The number of alkyl carbamates (subject to hydrolysis) is 1. The third-order valence-corrected chi connectivity index (χ3v) is 4.86. The van der Waals surface area contributed by atoms with Crippen molar-refractivity contribution in [3.05, 3.63) is 0 Å². The van der Waals surface area contributed by atoms with Gasteiger partial charge in [0.2, 0.25) is 0 Å². The summed E-state index contributed by atoms with van der Waals surface area (Å²) in [6.45, 7) is 6.11. The summed E-state index contributed by atoms with van der Waals surface area (Å²) in [6, 6.07) is 0. The summed E-state index contributed by atoms with van der Waals surface area (Å²) in [7, 11) is 3.18. The van der Waals surface area contributed by atoms with E-state index in [-0.39, 0.29) is 30.9 Å². The molecule has 1 unspecified atom stereocenters. The number of carbonyl (C=O) groups excluding carboxylic acids is 3. The third-order valence-electron chi connectivity index (χ3n) is 4.86. The van der Waals surface area contributed by atoms with Crippen molar-refractivity contribution in [1.82, 2.24) is 5.32 Å². The molecule has 1 atom stereocenters. The Morgan fingerprint density at radius 1 is 0.667 bits per heavy atom. The number of rotatable bonds is 27. The first-order chi connectivity index (χ1) is 17.5. The van der Waals surface area contributed by atoms with Crippen LogP contribution in [0, 0.1) is 0 Å². The highest BCUT2D eigenvalue weighted by Gasteiger charge is 2.13. The van der Waals surface area contributed by atoms with Gasteiger partial charge in [-0.25, -0.2) is 4.79 Å². The van der Waals surface area contributed by atoms with E-state index in [9.17, 15) is 14.4 Å². The van der Waals surface area contributed by atoms with Crippen molar-refractivity contribution in [3.8, 4) is 0 Å². The molecule has 0 fully saturated rings. The second-order valence-corrected chi connectivity index (χ2v) is 8.21. The number of ketones is 2. The highest BCUT2D eigenvalue weighted by atomic mass is 16.6. The van der Waals surface area contributed by atoms with E-state index >= 15 is 0 Å². The number of hydrogen-bond donors (Lipinski definition) is 1. The molecule has 0 aliphatic heterocycles. The Morgan fingerprint density at radius 3 is 2.00 bits per heavy atom. The summed E-state index contributed by atoms with van der Waals surface area (Å²) in [5, 5.41) is 2.68. The summed E-state index contributed by atoms with van der Waals surface area (Å²) in [5.41, 5.74) is 0. The van der Waals surface area contributed by atoms with E-state index in [1.807, 2.05) is 0 Å². The van der Waals surface area contributed by atoms with Gasteiger partial charge in [0.05, 0.1) is 46.2 Å². The normalized spacial score (nSPS) is 11.9. The largest absolute Gasteiger partial charge is 0.447 e. The van der Waals surface area contributed by atoms with Gasteiger partial charge in [-0.05, 0) is 32.6 Å². The van der Waals surface area contributed by atoms with E-state index in [0.717, 1.165) is 12.8 Å². The molecule has 0 aromatic heterocycles. The minimum atomic E-state index is -0.520. The van der Waals surface area contributed by atoms with Gasteiger partial charge < -0.3 is 43.3 Å². The predicted molar refractivity (Wildman–Crippen MR) is 133 cm³/mol. The lowest BCUT2D eigenvalue weighted by molar-refractivity contribution is -0.119. The average Bonchev–Trinajstić information content (AvgIpc) is 2.85. The molecular weight excluding hydrogens is 474 g/mol. The van der Waals surface area contributed by atoms with E-state index in [1.165, 1.54) is 0 Å². The number of hydrogen-bond acceptors (Lipinski definition) is 10. The standard InChI is InChI=1S/C25H47NO10/c1-22(27)8-6-10-23(28)9-4-5-12-32-17-18-33-13-7-11-26-25(29)36-21-24(35-19-15-31-3)20-34-16-14-30-2/h24H,4-21H2,1-3H3,(H,26,29). The van der Waals surface area contributed by atoms with Gasteiger partial charge in [-0.1, -0.05) is 0 Å². The Labute approximate surface area is 215 Å². The Balaban J connectivity index is 3.58. The van der Waals surface area contributed by atoms with Gasteiger partial charge in [-0.3, -0.25) is 4.79 Å². The molecule has 11 nitrogen and oxygen atoms in total. The average molecular weight is 522 g/mol. The zero-order valence-corrected chi connectivity index (χ0v) is 22.4. The van der Waals surface area contributed by atoms with Crippen molar-refractivity contribution in [2.75, 3.05) is 86.8 Å². The number of methoxy groups -OCH3 is 2. The number of nitrogens with one attached hydrogen (secondary N) is 1. The third kappa shape index (κ3) is 25.5. The molecular formula is C25H47NO10. The fourth-order valence-corrected chi connectivity index (χ4v) is 2.89. The molecule has 0 radical (unpaired) electrons. The van der Waals surface area contributed by atoms with Crippen molar-refractivity contribution in [3.63, 3.8) is 0 Å². The second-order valence-electron chi connectivity index (χ2n) is 8.21. The van der Waals surface area contributed by atoms with Crippen LogP contribution >= 0.6 is 0 Å². The van der Waals surface area contributed by atoms with Crippen LogP contribution in [-0.4, -0.2) is 111 Å². The van der Waals surface area contributed by atoms with Crippen LogP contribution in [0.2, 0.25) is 0 Å². The van der Waals surface area contributed by atoms with Crippen LogP contribution in [0.15, 0.2) is 0 Å². The van der Waals surface area contributed by atoms with Gasteiger partial charge in [0.15, 0.2) is 0 Å². The van der Waals surface area contributed by atoms with Crippen molar-refractivity contribution in [2.24, 2.45) is 0 Å². The molecule has 1 amide bonds. The smallest absolute Gasteiger partial charge is 0.407 e. The molecule has 0 bridgehead atoms. The molecule has 0 rings (SSSR count). The van der Waals surface area contributed by atoms with Crippen LogP contribution in [0.5, 0.6) is 0 Å². The predicted octanol–water partition coefficient (Wildman–Crippen LogP) is 2.33. The van der Waals surface area contributed by atoms with E-state index in [4.69, 9.17) is 33.2 Å². The number of ether oxygens (including phenoxy) is 7. The van der Waals surface area contributed by atoms with Crippen LogP contribution in [0.25, 0.3) is 0 Å². The lowest BCUT2D eigenvalue weighted by Crippen LogP contribution is -2.33. The minimum Gasteiger partial charge on any atom is -0.447 e. The Bertz CT molecular complexity index is 547. The molecule has 0 aliphatic carbocycles. The molecule has 0 saturated heterocycles. The summed E-state index contributed by atoms with van der Waals surface area (Å²) in [4.78, 5) is 34.4. The lowest BCUT2D eigenvalue weighted by atomic mass is 10.1. The van der Waals surface area contributed by atoms with Crippen molar-refractivity contribution in [1.29, 1.82) is 0 Å². The Morgan fingerprint density at radius 2 is 1.31 bits per heavy atom. The Kier molecular flexibility index (Phi) is 25.2. The van der Waals surface area contributed by atoms with Gasteiger partial charge >= 0.3 is 6.09 Å². The Hall–Kier alpha value is -1.63. The van der Waals surface area contributed by atoms with Gasteiger partial charge in [0.1, 0.15) is 24.3 Å². The summed E-state index contributed by atoms with van der Waals surface area (Å²) in [5.74, 6) is 0.334. The van der Waals surface area contributed by atoms with Gasteiger partial charge in [0.25, 0.3) is 0 Å². The quantitative estimate of drug-likeness (QED) is 0.161. The number of Topliss-reactive ketones (excluding diaryl/α,β-unsaturated/α-hetero) is 2. The zero-order chi connectivity index (χ0) is 26.7. The molecule has 0 heterocycles.